The van der Waals surface area contributed by atoms with E-state index < -0.39 is 0 Å². The molecule has 0 aliphatic rings. The van der Waals surface area contributed by atoms with E-state index in [4.69, 9.17) is 0 Å². The minimum atomic E-state index is -0.248. The van der Waals surface area contributed by atoms with E-state index in [-0.39, 0.29) is 5.91 Å². The molecule has 4 nitrogen and oxygen atoms in total. The van der Waals surface area contributed by atoms with E-state index in [1.165, 1.54) is 0 Å². The molecule has 0 bridgehead atoms. The van der Waals surface area contributed by atoms with Crippen molar-refractivity contribution in [3.63, 3.8) is 0 Å². The summed E-state index contributed by atoms with van der Waals surface area (Å²) in [5, 5.41) is 8.00. The van der Waals surface area contributed by atoms with E-state index in [0.717, 1.165) is 21.7 Å². The van der Waals surface area contributed by atoms with E-state index in [0.29, 0.717) is 5.69 Å². The highest BCUT2D eigenvalue weighted by Gasteiger charge is 2.08. The van der Waals surface area contributed by atoms with Gasteiger partial charge in [-0.2, -0.15) is 0 Å². The molecular weight excluding hydrogens is 278 g/mol. The topological polar surface area (TPSA) is 54.9 Å². The second-order valence-corrected chi connectivity index (χ2v) is 4.28. The van der Waals surface area contributed by atoms with Crippen LogP contribution in [0.5, 0.6) is 0 Å². The van der Waals surface area contributed by atoms with Gasteiger partial charge in [0, 0.05) is 15.5 Å². The molecule has 1 heterocycles. The number of benzene rings is 1. The number of nitrogens with one attached hydrogen (secondary N) is 1. The molecule has 15 heavy (non-hydrogen) atoms. The zero-order valence-corrected chi connectivity index (χ0v) is 9.88. The van der Waals surface area contributed by atoms with E-state index in [2.05, 4.69) is 30.8 Å². The summed E-state index contributed by atoms with van der Waals surface area (Å²) in [6.45, 7) is 0. The number of halogens is 1. The molecule has 2 rings (SSSR count). The van der Waals surface area contributed by atoms with Gasteiger partial charge < -0.3 is 5.32 Å². The van der Waals surface area contributed by atoms with Gasteiger partial charge in [0.2, 0.25) is 0 Å². The minimum Gasteiger partial charge on any atom is -0.321 e. The van der Waals surface area contributed by atoms with Gasteiger partial charge in [-0.1, -0.05) is 26.5 Å². The lowest BCUT2D eigenvalue weighted by Gasteiger charge is -2.02. The molecule has 0 saturated carbocycles. The standard InChI is InChI=1S/C9H6BrN3OS/c10-6-2-1-3-7(4-6)11-9(14)8-5-15-13-12-8/h1-5H,(H,11,14). The van der Waals surface area contributed by atoms with Crippen LogP contribution in [-0.2, 0) is 0 Å². The van der Waals surface area contributed by atoms with Crippen molar-refractivity contribution in [3.05, 3.63) is 39.8 Å². The third-order valence-corrected chi connectivity index (χ3v) is 2.67. The first-order valence-corrected chi connectivity index (χ1v) is 5.72. The maximum absolute atomic E-state index is 11.6. The fourth-order valence-corrected chi connectivity index (χ4v) is 1.86. The number of hydrogen-bond acceptors (Lipinski definition) is 4. The summed E-state index contributed by atoms with van der Waals surface area (Å²) in [6, 6.07) is 7.36. The Morgan fingerprint density at radius 1 is 1.47 bits per heavy atom. The molecule has 1 amide bonds. The van der Waals surface area contributed by atoms with E-state index in [9.17, 15) is 4.79 Å². The van der Waals surface area contributed by atoms with Gasteiger partial charge in [-0.25, -0.2) is 0 Å². The molecule has 0 fully saturated rings. The molecule has 6 heteroatoms. The first-order chi connectivity index (χ1) is 7.25. The Balaban J connectivity index is 2.13. The van der Waals surface area contributed by atoms with Crippen molar-refractivity contribution >= 4 is 39.1 Å². The zero-order chi connectivity index (χ0) is 10.7. The summed E-state index contributed by atoms with van der Waals surface area (Å²) in [4.78, 5) is 11.6. The molecule has 0 spiro atoms. The Kier molecular flexibility index (Phi) is 3.08. The Labute approximate surface area is 98.6 Å². The third-order valence-electron chi connectivity index (χ3n) is 1.68. The van der Waals surface area contributed by atoms with E-state index in [1.54, 1.807) is 5.38 Å². The van der Waals surface area contributed by atoms with Crippen LogP contribution in [0.4, 0.5) is 5.69 Å². The fourth-order valence-electron chi connectivity index (χ4n) is 1.02. The first kappa shape index (κ1) is 10.3. The van der Waals surface area contributed by atoms with Crippen molar-refractivity contribution in [3.8, 4) is 0 Å². The quantitative estimate of drug-likeness (QED) is 0.922. The molecule has 2 aromatic rings. The number of rotatable bonds is 2. The fraction of sp³-hybridized carbons (Fsp3) is 0. The van der Waals surface area contributed by atoms with Gasteiger partial charge in [0.05, 0.1) is 0 Å². The second-order valence-electron chi connectivity index (χ2n) is 2.75. The molecule has 1 aromatic heterocycles. The number of hydrogen-bond donors (Lipinski definition) is 1. The highest BCUT2D eigenvalue weighted by atomic mass is 79.9. The number of anilines is 1. The van der Waals surface area contributed by atoms with Crippen LogP contribution in [0.3, 0.4) is 0 Å². The Bertz CT molecular complexity index is 472. The summed E-state index contributed by atoms with van der Waals surface area (Å²) in [5.41, 5.74) is 1.06. The van der Waals surface area contributed by atoms with Crippen LogP contribution >= 0.6 is 27.5 Å². The molecule has 76 valence electrons. The largest absolute Gasteiger partial charge is 0.321 e. The normalized spacial score (nSPS) is 9.93. The molecule has 0 aliphatic heterocycles. The molecule has 0 unspecified atom stereocenters. The average Bonchev–Trinajstić information content (AvgIpc) is 2.70. The van der Waals surface area contributed by atoms with Gasteiger partial charge in [-0.15, -0.1) is 5.10 Å². The summed E-state index contributed by atoms with van der Waals surface area (Å²) >= 11 is 4.47. The van der Waals surface area contributed by atoms with Crippen molar-refractivity contribution < 1.29 is 4.79 Å². The van der Waals surface area contributed by atoms with Crippen molar-refractivity contribution in [1.82, 2.24) is 9.59 Å². The van der Waals surface area contributed by atoms with Gasteiger partial charge in [-0.3, -0.25) is 4.79 Å². The first-order valence-electron chi connectivity index (χ1n) is 4.10. The monoisotopic (exact) mass is 283 g/mol. The Morgan fingerprint density at radius 3 is 3.00 bits per heavy atom. The lowest BCUT2D eigenvalue weighted by Crippen LogP contribution is -2.12. The van der Waals surface area contributed by atoms with Gasteiger partial charge >= 0.3 is 0 Å². The highest BCUT2D eigenvalue weighted by Crippen LogP contribution is 2.16. The number of amides is 1. The molecular formula is C9H6BrN3OS. The third kappa shape index (κ3) is 2.60. The summed E-state index contributed by atoms with van der Waals surface area (Å²) in [6.07, 6.45) is 0. The van der Waals surface area contributed by atoms with Gasteiger partial charge in [0.25, 0.3) is 5.91 Å². The Hall–Kier alpha value is -1.27. The molecule has 0 saturated heterocycles. The van der Waals surface area contributed by atoms with Crippen molar-refractivity contribution in [2.45, 2.75) is 0 Å². The number of carbonyl (C=O) groups excluding carboxylic acids is 1. The summed E-state index contributed by atoms with van der Waals surface area (Å²) < 4.78 is 4.54. The van der Waals surface area contributed by atoms with Crippen molar-refractivity contribution in [2.24, 2.45) is 0 Å². The van der Waals surface area contributed by atoms with Gasteiger partial charge in [0.1, 0.15) is 0 Å². The second kappa shape index (κ2) is 4.50. The minimum absolute atomic E-state index is 0.248. The number of nitrogens with zero attached hydrogens (tertiary/aromatic N) is 2. The lowest BCUT2D eigenvalue weighted by atomic mass is 10.3. The molecule has 1 aromatic carbocycles. The maximum Gasteiger partial charge on any atom is 0.277 e. The van der Waals surface area contributed by atoms with E-state index in [1.807, 2.05) is 24.3 Å². The predicted octanol–water partition coefficient (Wildman–Crippen LogP) is 2.55. The van der Waals surface area contributed by atoms with Crippen molar-refractivity contribution in [1.29, 1.82) is 0 Å². The smallest absolute Gasteiger partial charge is 0.277 e. The van der Waals surface area contributed by atoms with Crippen LogP contribution in [0.15, 0.2) is 34.1 Å². The SMILES string of the molecule is O=C(Nc1cccc(Br)c1)c1csnn1. The van der Waals surface area contributed by atoms with Gasteiger partial charge in [-0.05, 0) is 29.7 Å². The van der Waals surface area contributed by atoms with Crippen LogP contribution in [0.2, 0.25) is 0 Å². The highest BCUT2D eigenvalue weighted by molar-refractivity contribution is 9.10. The maximum atomic E-state index is 11.6. The predicted molar refractivity (Wildman–Crippen MR) is 62.0 cm³/mol. The van der Waals surface area contributed by atoms with Gasteiger partial charge in [0.15, 0.2) is 5.69 Å². The Morgan fingerprint density at radius 2 is 2.33 bits per heavy atom. The lowest BCUT2D eigenvalue weighted by molar-refractivity contribution is 0.102. The van der Waals surface area contributed by atoms with Crippen LogP contribution in [0.1, 0.15) is 10.5 Å². The van der Waals surface area contributed by atoms with Crippen LogP contribution in [0.25, 0.3) is 0 Å². The summed E-state index contributed by atoms with van der Waals surface area (Å²) in [5.74, 6) is -0.248. The average molecular weight is 284 g/mol. The molecule has 1 N–H and O–H groups in total. The van der Waals surface area contributed by atoms with Crippen LogP contribution in [-0.4, -0.2) is 15.5 Å². The zero-order valence-electron chi connectivity index (χ0n) is 7.48. The molecule has 0 atom stereocenters. The van der Waals surface area contributed by atoms with E-state index >= 15 is 0 Å². The molecule has 0 radical (unpaired) electrons. The van der Waals surface area contributed by atoms with Crippen molar-refractivity contribution in [2.75, 3.05) is 5.32 Å². The number of aromatic nitrogens is 2. The summed E-state index contributed by atoms with van der Waals surface area (Å²) in [7, 11) is 0. The van der Waals surface area contributed by atoms with Crippen LogP contribution in [0, 0.1) is 0 Å². The van der Waals surface area contributed by atoms with Crippen LogP contribution < -0.4 is 5.32 Å². The number of carbonyl (C=O) groups is 1. The molecule has 0 aliphatic carbocycles.